The summed E-state index contributed by atoms with van der Waals surface area (Å²) in [5.41, 5.74) is 1.81. The number of hydrogen-bond acceptors (Lipinski definition) is 5. The SMILES string of the molecule is O=C(c1ccc(CSc2ccccn2)cc1)N1CCN(C(=O)c2ccco2)CC1. The number of hydrogen-bond donors (Lipinski definition) is 0. The van der Waals surface area contributed by atoms with Gasteiger partial charge >= 0.3 is 0 Å². The average Bonchev–Trinajstić information content (AvgIpc) is 3.33. The van der Waals surface area contributed by atoms with Gasteiger partial charge in [0.15, 0.2) is 5.76 Å². The number of rotatable bonds is 5. The molecule has 29 heavy (non-hydrogen) atoms. The maximum absolute atomic E-state index is 12.8. The molecule has 3 heterocycles. The van der Waals surface area contributed by atoms with Gasteiger partial charge in [0.05, 0.1) is 11.3 Å². The van der Waals surface area contributed by atoms with Crippen LogP contribution in [0.1, 0.15) is 26.5 Å². The van der Waals surface area contributed by atoms with Gasteiger partial charge in [-0.05, 0) is 42.0 Å². The van der Waals surface area contributed by atoms with Crippen LogP contribution in [0.4, 0.5) is 0 Å². The molecule has 7 heteroatoms. The molecular weight excluding hydrogens is 386 g/mol. The molecule has 0 N–H and O–H groups in total. The summed E-state index contributed by atoms with van der Waals surface area (Å²) in [5.74, 6) is 1.01. The van der Waals surface area contributed by atoms with Gasteiger partial charge in [0.25, 0.3) is 11.8 Å². The van der Waals surface area contributed by atoms with Crippen molar-refractivity contribution in [1.29, 1.82) is 0 Å². The van der Waals surface area contributed by atoms with E-state index in [1.54, 1.807) is 39.9 Å². The fraction of sp³-hybridized carbons (Fsp3) is 0.227. The molecule has 0 radical (unpaired) electrons. The van der Waals surface area contributed by atoms with Gasteiger partial charge in [-0.1, -0.05) is 18.2 Å². The molecule has 1 aromatic carbocycles. The molecule has 1 fully saturated rings. The van der Waals surface area contributed by atoms with Crippen molar-refractivity contribution in [3.05, 3.63) is 83.9 Å². The second-order valence-corrected chi connectivity index (χ2v) is 7.71. The Kier molecular flexibility index (Phi) is 5.95. The summed E-state index contributed by atoms with van der Waals surface area (Å²) in [6, 6.07) is 16.9. The first-order chi connectivity index (χ1) is 14.2. The minimum Gasteiger partial charge on any atom is -0.459 e. The lowest BCUT2D eigenvalue weighted by molar-refractivity contribution is 0.0518. The van der Waals surface area contributed by atoms with E-state index in [9.17, 15) is 9.59 Å². The summed E-state index contributed by atoms with van der Waals surface area (Å²) in [4.78, 5) is 32.9. The highest BCUT2D eigenvalue weighted by Gasteiger charge is 2.26. The van der Waals surface area contributed by atoms with Crippen molar-refractivity contribution < 1.29 is 14.0 Å². The highest BCUT2D eigenvalue weighted by atomic mass is 32.2. The van der Waals surface area contributed by atoms with E-state index in [2.05, 4.69) is 4.98 Å². The molecule has 6 nitrogen and oxygen atoms in total. The van der Waals surface area contributed by atoms with Gasteiger partial charge in [0, 0.05) is 43.7 Å². The van der Waals surface area contributed by atoms with Crippen molar-refractivity contribution in [2.75, 3.05) is 26.2 Å². The molecule has 1 aliphatic heterocycles. The van der Waals surface area contributed by atoms with Crippen molar-refractivity contribution in [3.8, 4) is 0 Å². The summed E-state index contributed by atoms with van der Waals surface area (Å²) >= 11 is 1.67. The number of carbonyl (C=O) groups is 2. The van der Waals surface area contributed by atoms with E-state index in [0.717, 1.165) is 16.3 Å². The fourth-order valence-corrected chi connectivity index (χ4v) is 4.00. The molecule has 2 amide bonds. The van der Waals surface area contributed by atoms with Gasteiger partial charge in [-0.25, -0.2) is 4.98 Å². The fourth-order valence-electron chi connectivity index (χ4n) is 3.18. The zero-order valence-corrected chi connectivity index (χ0v) is 16.7. The van der Waals surface area contributed by atoms with Crippen LogP contribution in [-0.2, 0) is 5.75 Å². The molecule has 4 rings (SSSR count). The minimum absolute atomic E-state index is 0.000901. The first kappa shape index (κ1) is 19.3. The standard InChI is InChI=1S/C22H21N3O3S/c26-21(24-11-13-25(14-12-24)22(27)19-4-3-15-28-19)18-8-6-17(7-9-18)16-29-20-5-1-2-10-23-20/h1-10,15H,11-14,16H2. The summed E-state index contributed by atoms with van der Waals surface area (Å²) in [6.45, 7) is 2.04. The largest absolute Gasteiger partial charge is 0.459 e. The van der Waals surface area contributed by atoms with Crippen LogP contribution in [-0.4, -0.2) is 52.8 Å². The summed E-state index contributed by atoms with van der Waals surface area (Å²) in [7, 11) is 0. The Bertz CT molecular complexity index is 951. The number of thioether (sulfide) groups is 1. The van der Waals surface area contributed by atoms with Crippen LogP contribution in [0.25, 0.3) is 0 Å². The molecular formula is C22H21N3O3S. The summed E-state index contributed by atoms with van der Waals surface area (Å²) in [6.07, 6.45) is 3.28. The minimum atomic E-state index is -0.128. The Labute approximate surface area is 173 Å². The molecule has 0 unspecified atom stereocenters. The Morgan fingerprint density at radius 3 is 2.24 bits per heavy atom. The zero-order chi connectivity index (χ0) is 20.1. The molecule has 0 saturated carbocycles. The average molecular weight is 407 g/mol. The lowest BCUT2D eigenvalue weighted by Crippen LogP contribution is -2.50. The summed E-state index contributed by atoms with van der Waals surface area (Å²) in [5, 5.41) is 0.981. The van der Waals surface area contributed by atoms with E-state index < -0.39 is 0 Å². The maximum atomic E-state index is 12.8. The topological polar surface area (TPSA) is 66.7 Å². The predicted molar refractivity (Wildman–Crippen MR) is 111 cm³/mol. The number of carbonyl (C=O) groups excluding carboxylic acids is 2. The molecule has 0 bridgehead atoms. The molecule has 1 aliphatic rings. The van der Waals surface area contributed by atoms with Gasteiger partial charge in [-0.2, -0.15) is 0 Å². The third kappa shape index (κ3) is 4.68. The van der Waals surface area contributed by atoms with E-state index in [1.807, 2.05) is 42.5 Å². The molecule has 3 aromatic rings. The quantitative estimate of drug-likeness (QED) is 0.605. The molecule has 148 valence electrons. The number of aromatic nitrogens is 1. The second kappa shape index (κ2) is 8.96. The summed E-state index contributed by atoms with van der Waals surface area (Å²) < 4.78 is 5.17. The van der Waals surface area contributed by atoms with E-state index in [1.165, 1.54) is 6.26 Å². The monoisotopic (exact) mass is 407 g/mol. The Balaban J connectivity index is 1.30. The van der Waals surface area contributed by atoms with E-state index in [-0.39, 0.29) is 11.8 Å². The number of benzene rings is 1. The van der Waals surface area contributed by atoms with Crippen molar-refractivity contribution in [3.63, 3.8) is 0 Å². The number of pyridine rings is 1. The Morgan fingerprint density at radius 1 is 0.897 bits per heavy atom. The molecule has 0 aliphatic carbocycles. The predicted octanol–water partition coefficient (Wildman–Crippen LogP) is 3.57. The number of piperazine rings is 1. The first-order valence-corrected chi connectivity index (χ1v) is 10.4. The third-order valence-electron chi connectivity index (χ3n) is 4.81. The van der Waals surface area contributed by atoms with E-state index in [4.69, 9.17) is 4.42 Å². The van der Waals surface area contributed by atoms with Gasteiger partial charge in [0.1, 0.15) is 0 Å². The van der Waals surface area contributed by atoms with Crippen LogP contribution in [0.3, 0.4) is 0 Å². The van der Waals surface area contributed by atoms with E-state index in [0.29, 0.717) is 37.5 Å². The van der Waals surface area contributed by atoms with Gasteiger partial charge in [0.2, 0.25) is 0 Å². The first-order valence-electron chi connectivity index (χ1n) is 9.45. The highest BCUT2D eigenvalue weighted by molar-refractivity contribution is 7.98. The van der Waals surface area contributed by atoms with Crippen LogP contribution in [0.5, 0.6) is 0 Å². The van der Waals surface area contributed by atoms with Gasteiger partial charge in [-0.3, -0.25) is 9.59 Å². The zero-order valence-electron chi connectivity index (χ0n) is 15.9. The second-order valence-electron chi connectivity index (χ2n) is 6.72. The van der Waals surface area contributed by atoms with Crippen LogP contribution in [0, 0.1) is 0 Å². The maximum Gasteiger partial charge on any atom is 0.289 e. The van der Waals surface area contributed by atoms with Crippen LogP contribution >= 0.6 is 11.8 Å². The lowest BCUT2D eigenvalue weighted by atomic mass is 10.1. The smallest absolute Gasteiger partial charge is 0.289 e. The van der Waals surface area contributed by atoms with Crippen molar-refractivity contribution in [2.24, 2.45) is 0 Å². The van der Waals surface area contributed by atoms with Gasteiger partial charge < -0.3 is 14.2 Å². The van der Waals surface area contributed by atoms with Gasteiger partial charge in [-0.15, -0.1) is 11.8 Å². The Morgan fingerprint density at radius 2 is 1.62 bits per heavy atom. The number of nitrogens with zero attached hydrogens (tertiary/aromatic N) is 3. The molecule has 1 saturated heterocycles. The van der Waals surface area contributed by atoms with Crippen LogP contribution in [0.2, 0.25) is 0 Å². The molecule has 2 aromatic heterocycles. The highest BCUT2D eigenvalue weighted by Crippen LogP contribution is 2.21. The molecule has 0 spiro atoms. The number of amides is 2. The van der Waals surface area contributed by atoms with Crippen molar-refractivity contribution in [1.82, 2.24) is 14.8 Å². The van der Waals surface area contributed by atoms with Crippen molar-refractivity contribution in [2.45, 2.75) is 10.8 Å². The molecule has 0 atom stereocenters. The third-order valence-corrected chi connectivity index (χ3v) is 5.83. The van der Waals surface area contributed by atoms with Crippen LogP contribution in [0.15, 0.2) is 76.5 Å². The van der Waals surface area contributed by atoms with E-state index >= 15 is 0 Å². The Hall–Kier alpha value is -3.06. The normalized spacial score (nSPS) is 14.1. The number of furan rings is 1. The van der Waals surface area contributed by atoms with Crippen molar-refractivity contribution >= 4 is 23.6 Å². The lowest BCUT2D eigenvalue weighted by Gasteiger charge is -2.34. The van der Waals surface area contributed by atoms with Crippen LogP contribution < -0.4 is 0 Å².